The number of aliphatic hydroxyl groups is 1. The predicted octanol–water partition coefficient (Wildman–Crippen LogP) is 12.2. The first-order chi connectivity index (χ1) is 20.6. The summed E-state index contributed by atoms with van der Waals surface area (Å²) in [6.07, 6.45) is 12.9. The van der Waals surface area contributed by atoms with Crippen molar-refractivity contribution in [2.75, 3.05) is 0 Å². The van der Waals surface area contributed by atoms with Crippen LogP contribution in [0.25, 0.3) is 5.76 Å². The highest BCUT2D eigenvalue weighted by molar-refractivity contribution is 6.58. The minimum atomic E-state index is -0.541. The number of allylic oxidation sites excluding steroid dienone is 11. The minimum Gasteiger partial charge on any atom is -0.506 e. The highest BCUT2D eigenvalue weighted by atomic mass is 35.5. The predicted molar refractivity (Wildman–Crippen MR) is 181 cm³/mol. The summed E-state index contributed by atoms with van der Waals surface area (Å²) in [5.41, 5.74) is 1.10. The number of carbonyl (C=O) groups excluding carboxylic acids is 3. The molecule has 12 heteroatoms. The number of benzene rings is 2. The summed E-state index contributed by atoms with van der Waals surface area (Å²) in [5.74, 6) is -1.97. The molecule has 4 nitrogen and oxygen atoms in total. The van der Waals surface area contributed by atoms with Crippen LogP contribution in [0.5, 0.6) is 0 Å². The molecular formula is C32H18Cl8O4. The van der Waals surface area contributed by atoms with Gasteiger partial charge in [-0.05, 0) is 35.5 Å². The molecule has 0 amide bonds. The second-order valence-electron chi connectivity index (χ2n) is 11.0. The summed E-state index contributed by atoms with van der Waals surface area (Å²) in [5, 5.41) is 10.0. The van der Waals surface area contributed by atoms with E-state index < -0.39 is 17.3 Å². The zero-order valence-electron chi connectivity index (χ0n) is 22.7. The van der Waals surface area contributed by atoms with E-state index in [0.717, 1.165) is 5.57 Å². The molecule has 0 aliphatic heterocycles. The molecule has 0 heterocycles. The Morgan fingerprint density at radius 1 is 0.591 bits per heavy atom. The van der Waals surface area contributed by atoms with Gasteiger partial charge < -0.3 is 5.11 Å². The maximum Gasteiger partial charge on any atom is 0.199 e. The minimum absolute atomic E-state index is 0.00243. The van der Waals surface area contributed by atoms with E-state index in [1.807, 2.05) is 26.0 Å². The number of fused-ring (bicyclic) bond motifs is 2. The Hall–Kier alpha value is -1.99. The Bertz CT molecular complexity index is 1870. The van der Waals surface area contributed by atoms with Crippen molar-refractivity contribution in [3.8, 4) is 0 Å². The van der Waals surface area contributed by atoms with Gasteiger partial charge in [0.25, 0.3) is 0 Å². The molecule has 0 spiro atoms. The number of hydrogen-bond donors (Lipinski definition) is 1. The summed E-state index contributed by atoms with van der Waals surface area (Å²) in [4.78, 5) is 39.8. The Labute approximate surface area is 292 Å². The number of Topliss-reactive ketones (excluding diaryl/α,β-unsaturated/α-hetero) is 3. The lowest BCUT2D eigenvalue weighted by molar-refractivity contribution is 0.0984. The fourth-order valence-electron chi connectivity index (χ4n) is 5.48. The number of hydrogen-bond acceptors (Lipinski definition) is 4. The average molecular weight is 750 g/mol. The normalized spacial score (nSPS) is 18.1. The highest BCUT2D eigenvalue weighted by Crippen LogP contribution is 2.50. The average Bonchev–Trinajstić information content (AvgIpc) is 3.37. The van der Waals surface area contributed by atoms with Gasteiger partial charge in [0.05, 0.1) is 68.0 Å². The lowest BCUT2D eigenvalue weighted by Gasteiger charge is -2.31. The van der Waals surface area contributed by atoms with Crippen LogP contribution in [0, 0.1) is 5.41 Å². The first-order valence-electron chi connectivity index (χ1n) is 12.8. The largest absolute Gasteiger partial charge is 0.506 e. The molecule has 2 aromatic rings. The molecule has 0 saturated carbocycles. The standard InChI is InChI=1S/C32H18Cl8O4/c1-32(2)10-12(9-13(11-32)15-30(43)18-19(31(15)44)23(36)27(40)26(39)22(18)35)7-5-3-4-6-8-14-28(41)16-17(29(14)42)21(34)25(38)24(37)20(16)33/h3-9,41H,10-11H2,1-2H3/b4-3+,7-5+,8-6+. The van der Waals surface area contributed by atoms with Crippen molar-refractivity contribution in [3.63, 3.8) is 0 Å². The smallest absolute Gasteiger partial charge is 0.199 e. The van der Waals surface area contributed by atoms with Crippen LogP contribution in [0.1, 0.15) is 63.3 Å². The highest BCUT2D eigenvalue weighted by Gasteiger charge is 2.42. The summed E-state index contributed by atoms with van der Waals surface area (Å²) >= 11 is 49.5. The monoisotopic (exact) mass is 746 g/mol. The third-order valence-electron chi connectivity index (χ3n) is 7.35. The van der Waals surface area contributed by atoms with Crippen LogP contribution >= 0.6 is 92.8 Å². The van der Waals surface area contributed by atoms with E-state index in [0.29, 0.717) is 18.4 Å². The molecule has 0 unspecified atom stereocenters. The quantitative estimate of drug-likeness (QED) is 0.111. The maximum atomic E-state index is 13.4. The summed E-state index contributed by atoms with van der Waals surface area (Å²) in [7, 11) is 0. The molecule has 0 bridgehead atoms. The van der Waals surface area contributed by atoms with E-state index in [1.165, 1.54) is 6.08 Å². The van der Waals surface area contributed by atoms with Gasteiger partial charge in [0.1, 0.15) is 5.76 Å². The third-order valence-corrected chi connectivity index (χ3v) is 10.9. The molecule has 0 aromatic heterocycles. The van der Waals surface area contributed by atoms with Gasteiger partial charge in [-0.15, -0.1) is 0 Å². The van der Waals surface area contributed by atoms with Crippen LogP contribution in [0.4, 0.5) is 0 Å². The molecule has 3 aliphatic carbocycles. The van der Waals surface area contributed by atoms with Gasteiger partial charge >= 0.3 is 0 Å². The van der Waals surface area contributed by atoms with E-state index in [2.05, 4.69) is 0 Å². The molecule has 1 N–H and O–H groups in total. The second kappa shape index (κ2) is 12.3. The second-order valence-corrected chi connectivity index (χ2v) is 14.0. The van der Waals surface area contributed by atoms with E-state index in [4.69, 9.17) is 92.8 Å². The van der Waals surface area contributed by atoms with Gasteiger partial charge in [0, 0.05) is 5.56 Å². The van der Waals surface area contributed by atoms with Crippen molar-refractivity contribution in [2.24, 2.45) is 5.41 Å². The van der Waals surface area contributed by atoms with E-state index in [-0.39, 0.29) is 84.8 Å². The van der Waals surface area contributed by atoms with Crippen LogP contribution in [0.3, 0.4) is 0 Å². The lowest BCUT2D eigenvalue weighted by atomic mass is 9.73. The summed E-state index contributed by atoms with van der Waals surface area (Å²) < 4.78 is 0. The molecule has 0 saturated heterocycles. The Morgan fingerprint density at radius 3 is 1.52 bits per heavy atom. The Kier molecular flexibility index (Phi) is 9.34. The van der Waals surface area contributed by atoms with Gasteiger partial charge in [-0.3, -0.25) is 14.4 Å². The lowest BCUT2D eigenvalue weighted by Crippen LogP contribution is -2.19. The molecule has 226 valence electrons. The van der Waals surface area contributed by atoms with E-state index in [1.54, 1.807) is 24.3 Å². The van der Waals surface area contributed by atoms with Crippen LogP contribution in [0.2, 0.25) is 40.2 Å². The van der Waals surface area contributed by atoms with Crippen molar-refractivity contribution < 1.29 is 19.5 Å². The van der Waals surface area contributed by atoms with Crippen LogP contribution in [0.15, 0.2) is 64.8 Å². The third kappa shape index (κ3) is 5.52. The molecule has 2 aromatic carbocycles. The first-order valence-corrected chi connectivity index (χ1v) is 15.9. The fourth-order valence-corrected chi connectivity index (χ4v) is 7.54. The molecule has 44 heavy (non-hydrogen) atoms. The summed E-state index contributed by atoms with van der Waals surface area (Å²) in [6.45, 7) is 4.07. The number of carbonyl (C=O) groups is 3. The molecule has 0 fully saturated rings. The number of aliphatic hydroxyl groups excluding tert-OH is 1. The van der Waals surface area contributed by atoms with Gasteiger partial charge in [-0.25, -0.2) is 0 Å². The number of ketones is 3. The van der Waals surface area contributed by atoms with Crippen molar-refractivity contribution >= 4 is 116 Å². The number of halogens is 8. The molecule has 0 atom stereocenters. The zero-order valence-corrected chi connectivity index (χ0v) is 28.7. The van der Waals surface area contributed by atoms with Crippen molar-refractivity contribution in [1.29, 1.82) is 0 Å². The molecule has 5 rings (SSSR count). The van der Waals surface area contributed by atoms with Gasteiger partial charge in [0.2, 0.25) is 0 Å². The first kappa shape index (κ1) is 33.4. The summed E-state index contributed by atoms with van der Waals surface area (Å²) in [6, 6.07) is 0. The number of rotatable bonds is 4. The Morgan fingerprint density at radius 2 is 1.02 bits per heavy atom. The van der Waals surface area contributed by atoms with Crippen molar-refractivity contribution in [2.45, 2.75) is 26.7 Å². The topological polar surface area (TPSA) is 71.4 Å². The van der Waals surface area contributed by atoms with Crippen LogP contribution in [-0.4, -0.2) is 22.5 Å². The fraction of sp³-hybridized carbons (Fsp3) is 0.156. The molecule has 0 radical (unpaired) electrons. The molecular weight excluding hydrogens is 732 g/mol. The van der Waals surface area contributed by atoms with Crippen molar-refractivity contribution in [3.05, 3.63) is 127 Å². The van der Waals surface area contributed by atoms with Crippen LogP contribution < -0.4 is 0 Å². The maximum absolute atomic E-state index is 13.4. The van der Waals surface area contributed by atoms with Gasteiger partial charge in [-0.2, -0.15) is 0 Å². The van der Waals surface area contributed by atoms with Gasteiger partial charge in [-0.1, -0.05) is 143 Å². The SMILES string of the molecule is CC1(C)CC(/C=C/C=C/C=C/C2=C(O)c3c(Cl)c(Cl)c(Cl)c(Cl)c3C2=O)=CC(=C2C(=O)c3c(Cl)c(Cl)c(Cl)c(Cl)c3C2=O)C1. The van der Waals surface area contributed by atoms with Gasteiger partial charge in [0.15, 0.2) is 17.3 Å². The molecule has 3 aliphatic rings. The van der Waals surface area contributed by atoms with E-state index in [9.17, 15) is 19.5 Å². The Balaban J connectivity index is 1.40. The zero-order chi connectivity index (χ0) is 32.4. The van der Waals surface area contributed by atoms with Crippen molar-refractivity contribution in [1.82, 2.24) is 0 Å². The van der Waals surface area contributed by atoms with E-state index >= 15 is 0 Å². The van der Waals surface area contributed by atoms with Crippen LogP contribution in [-0.2, 0) is 0 Å².